The molecule has 0 saturated heterocycles. The van der Waals surface area contributed by atoms with E-state index in [1.54, 1.807) is 0 Å². The van der Waals surface area contributed by atoms with Gasteiger partial charge < -0.3 is 0 Å². The van der Waals surface area contributed by atoms with Gasteiger partial charge >= 0.3 is 6.03 Å². The maximum atomic E-state index is 13.5. The van der Waals surface area contributed by atoms with Crippen LogP contribution in [0.1, 0.15) is 80.6 Å². The molecular weight excluding hydrogens is 352 g/mol. The minimum Gasteiger partial charge on any atom is -0.275 e. The number of nitrogens with zero attached hydrogens (tertiary/aromatic N) is 2. The van der Waals surface area contributed by atoms with E-state index < -0.39 is 11.6 Å². The predicted octanol–water partition coefficient (Wildman–Crippen LogP) is 4.79. The summed E-state index contributed by atoms with van der Waals surface area (Å²) < 4.78 is 0. The molecular formula is C23H32N2O3. The van der Waals surface area contributed by atoms with Crippen LogP contribution in [0.4, 0.5) is 4.79 Å². The Morgan fingerprint density at radius 3 is 2.11 bits per heavy atom. The quantitative estimate of drug-likeness (QED) is 0.603. The van der Waals surface area contributed by atoms with E-state index in [9.17, 15) is 14.4 Å². The predicted molar refractivity (Wildman–Crippen MR) is 107 cm³/mol. The monoisotopic (exact) mass is 384 g/mol. The molecule has 1 fully saturated rings. The van der Waals surface area contributed by atoms with Crippen molar-refractivity contribution >= 4 is 17.8 Å². The highest BCUT2D eigenvalue weighted by atomic mass is 16.2. The van der Waals surface area contributed by atoms with Crippen LogP contribution in [0.15, 0.2) is 22.9 Å². The van der Waals surface area contributed by atoms with Gasteiger partial charge in [0.05, 0.1) is 5.54 Å². The van der Waals surface area contributed by atoms with E-state index in [0.717, 1.165) is 37.0 Å². The van der Waals surface area contributed by atoms with Crippen LogP contribution in [0.25, 0.3) is 0 Å². The molecule has 1 saturated carbocycles. The Morgan fingerprint density at radius 2 is 1.54 bits per heavy atom. The fraction of sp³-hybridized carbons (Fsp3) is 0.696. The first-order valence-corrected chi connectivity index (χ1v) is 10.3. The number of imide groups is 2. The van der Waals surface area contributed by atoms with E-state index >= 15 is 0 Å². The lowest BCUT2D eigenvalue weighted by Crippen LogP contribution is -2.69. The Morgan fingerprint density at radius 1 is 0.893 bits per heavy atom. The highest BCUT2D eigenvalue weighted by molar-refractivity contribution is 6.05. The number of amides is 4. The molecule has 1 heterocycles. The third kappa shape index (κ3) is 2.54. The molecule has 0 aromatic rings. The lowest BCUT2D eigenvalue weighted by Gasteiger charge is -2.63. The first-order valence-electron chi connectivity index (χ1n) is 10.3. The van der Waals surface area contributed by atoms with Gasteiger partial charge in [0.25, 0.3) is 0 Å². The van der Waals surface area contributed by atoms with Gasteiger partial charge in [-0.1, -0.05) is 40.7 Å². The molecule has 0 aromatic heterocycles. The molecule has 1 spiro atoms. The van der Waals surface area contributed by atoms with Gasteiger partial charge in [0, 0.05) is 25.1 Å². The molecule has 3 aliphatic carbocycles. The summed E-state index contributed by atoms with van der Waals surface area (Å²) >= 11 is 0. The van der Waals surface area contributed by atoms with Gasteiger partial charge in [-0.3, -0.25) is 14.5 Å². The molecule has 2 atom stereocenters. The van der Waals surface area contributed by atoms with Crippen LogP contribution in [0.5, 0.6) is 0 Å². The summed E-state index contributed by atoms with van der Waals surface area (Å²) in [5.74, 6) is -0.581. The van der Waals surface area contributed by atoms with Crippen molar-refractivity contribution in [1.82, 2.24) is 9.80 Å². The maximum Gasteiger partial charge on any atom is 0.338 e. The summed E-state index contributed by atoms with van der Waals surface area (Å²) in [5, 5.41) is 0. The fourth-order valence-electron chi connectivity index (χ4n) is 7.14. The number of hydrogen-bond acceptors (Lipinski definition) is 3. The second-order valence-corrected chi connectivity index (χ2v) is 11.4. The molecule has 0 radical (unpaired) electrons. The molecule has 28 heavy (non-hydrogen) atoms. The fourth-order valence-corrected chi connectivity index (χ4v) is 7.14. The minimum atomic E-state index is -0.638. The Kier molecular flexibility index (Phi) is 3.72. The third-order valence-corrected chi connectivity index (χ3v) is 6.97. The van der Waals surface area contributed by atoms with Crippen LogP contribution < -0.4 is 0 Å². The molecule has 152 valence electrons. The number of carbonyl (C=O) groups excluding carboxylic acids is 3. The SMILES string of the molecule is CC(=O)N1C(=O)N(C(C)=O)C23CC(C)(C)CC(C)(C=C4CC(C)(C)CC1=C42)C3. The van der Waals surface area contributed by atoms with Crippen LogP contribution in [0.2, 0.25) is 0 Å². The molecule has 1 aliphatic heterocycles. The van der Waals surface area contributed by atoms with Crippen molar-refractivity contribution in [3.05, 3.63) is 22.9 Å². The van der Waals surface area contributed by atoms with E-state index in [4.69, 9.17) is 0 Å². The smallest absolute Gasteiger partial charge is 0.275 e. The molecule has 0 aromatic carbocycles. The Hall–Kier alpha value is -1.91. The highest BCUT2D eigenvalue weighted by Gasteiger charge is 2.63. The molecule has 0 N–H and O–H groups in total. The van der Waals surface area contributed by atoms with Crippen molar-refractivity contribution in [3.8, 4) is 0 Å². The van der Waals surface area contributed by atoms with Crippen LogP contribution in [-0.2, 0) is 9.59 Å². The van der Waals surface area contributed by atoms with E-state index in [0.29, 0.717) is 6.42 Å². The average molecular weight is 385 g/mol. The molecule has 4 aliphatic rings. The standard InChI is InChI=1S/C23H32N2O3/c1-14(26)24-17-10-20(3,4)8-16-9-22(7)11-21(5,6)12-23(13-22,18(16)17)25(15(2)27)19(24)28/h9H,8,10-13H2,1-7H3. The normalized spacial score (nSPS) is 35.4. The summed E-state index contributed by atoms with van der Waals surface area (Å²) in [4.78, 5) is 41.6. The van der Waals surface area contributed by atoms with Crippen LogP contribution in [-0.4, -0.2) is 33.2 Å². The summed E-state index contributed by atoms with van der Waals surface area (Å²) in [6.07, 6.45) is 6.52. The zero-order chi connectivity index (χ0) is 20.9. The summed E-state index contributed by atoms with van der Waals surface area (Å²) in [6.45, 7) is 14.0. The van der Waals surface area contributed by atoms with Crippen molar-refractivity contribution in [3.63, 3.8) is 0 Å². The summed E-state index contributed by atoms with van der Waals surface area (Å²) in [6, 6.07) is -0.460. The van der Waals surface area contributed by atoms with Crippen LogP contribution in [0.3, 0.4) is 0 Å². The zero-order valence-corrected chi connectivity index (χ0v) is 18.2. The Bertz CT molecular complexity index is 878. The van der Waals surface area contributed by atoms with Crippen molar-refractivity contribution in [2.24, 2.45) is 16.2 Å². The number of carbonyl (C=O) groups is 3. The maximum absolute atomic E-state index is 13.5. The van der Waals surface area contributed by atoms with Crippen molar-refractivity contribution in [2.45, 2.75) is 86.1 Å². The van der Waals surface area contributed by atoms with Gasteiger partial charge in [0.15, 0.2) is 0 Å². The molecule has 2 unspecified atom stereocenters. The molecule has 5 heteroatoms. The zero-order valence-electron chi connectivity index (χ0n) is 18.2. The first kappa shape index (κ1) is 19.4. The van der Waals surface area contributed by atoms with Crippen molar-refractivity contribution < 1.29 is 14.4 Å². The highest BCUT2D eigenvalue weighted by Crippen LogP contribution is 2.64. The third-order valence-electron chi connectivity index (χ3n) is 6.97. The minimum absolute atomic E-state index is 0.00746. The van der Waals surface area contributed by atoms with Crippen molar-refractivity contribution in [1.29, 1.82) is 0 Å². The number of rotatable bonds is 0. The molecule has 4 rings (SSSR count). The van der Waals surface area contributed by atoms with Gasteiger partial charge in [-0.2, -0.15) is 0 Å². The Labute approximate surface area is 167 Å². The number of allylic oxidation sites excluding steroid dienone is 2. The second-order valence-electron chi connectivity index (χ2n) is 11.4. The van der Waals surface area contributed by atoms with Crippen molar-refractivity contribution in [2.75, 3.05) is 0 Å². The summed E-state index contributed by atoms with van der Waals surface area (Å²) in [5.41, 5.74) is 2.41. The lowest BCUT2D eigenvalue weighted by molar-refractivity contribution is -0.137. The lowest BCUT2D eigenvalue weighted by atomic mass is 9.49. The molecule has 4 amide bonds. The van der Waals surface area contributed by atoms with Crippen LogP contribution in [0, 0.1) is 16.2 Å². The molecule has 2 bridgehead atoms. The van der Waals surface area contributed by atoms with E-state index in [2.05, 4.69) is 40.7 Å². The number of urea groups is 1. The van der Waals surface area contributed by atoms with Crippen LogP contribution >= 0.6 is 0 Å². The van der Waals surface area contributed by atoms with E-state index in [1.165, 1.54) is 29.2 Å². The average Bonchev–Trinajstić information content (AvgIpc) is 2.39. The number of fused-ring (bicyclic) bond motifs is 1. The van der Waals surface area contributed by atoms with Gasteiger partial charge in [0.1, 0.15) is 0 Å². The first-order chi connectivity index (χ1) is 12.7. The molecule has 5 nitrogen and oxygen atoms in total. The van der Waals surface area contributed by atoms with Gasteiger partial charge in [-0.05, 0) is 53.9 Å². The van der Waals surface area contributed by atoms with Gasteiger partial charge in [-0.25, -0.2) is 9.69 Å². The Balaban J connectivity index is 2.10. The largest absolute Gasteiger partial charge is 0.338 e. The van der Waals surface area contributed by atoms with E-state index in [-0.39, 0.29) is 28.1 Å². The second kappa shape index (κ2) is 5.37. The van der Waals surface area contributed by atoms with E-state index in [1.807, 2.05) is 0 Å². The number of hydrogen-bond donors (Lipinski definition) is 0. The van der Waals surface area contributed by atoms with Gasteiger partial charge in [0.2, 0.25) is 11.8 Å². The van der Waals surface area contributed by atoms with Gasteiger partial charge in [-0.15, -0.1) is 0 Å². The topological polar surface area (TPSA) is 57.7 Å². The summed E-state index contributed by atoms with van der Waals surface area (Å²) in [7, 11) is 0.